The van der Waals surface area contributed by atoms with E-state index in [2.05, 4.69) is 34.2 Å². The Kier molecular flexibility index (Phi) is 7.79. The highest BCUT2D eigenvalue weighted by molar-refractivity contribution is 7.98. The van der Waals surface area contributed by atoms with Gasteiger partial charge in [-0.05, 0) is 48.7 Å². The number of hydrogen-bond donors (Lipinski definition) is 0. The number of thioether (sulfide) groups is 1. The highest BCUT2D eigenvalue weighted by atomic mass is 32.2. The van der Waals surface area contributed by atoms with Crippen molar-refractivity contribution in [3.63, 3.8) is 0 Å². The molecule has 0 radical (unpaired) electrons. The zero-order valence-electron chi connectivity index (χ0n) is 19.3. The van der Waals surface area contributed by atoms with Gasteiger partial charge in [-0.2, -0.15) is 4.98 Å². The summed E-state index contributed by atoms with van der Waals surface area (Å²) in [6, 6.07) is 13.7. The Balaban J connectivity index is 1.51. The number of aryl methyl sites for hydroxylation is 1. The van der Waals surface area contributed by atoms with E-state index in [4.69, 9.17) is 14.0 Å². The van der Waals surface area contributed by atoms with Crippen LogP contribution >= 0.6 is 11.8 Å². The zero-order valence-corrected chi connectivity index (χ0v) is 20.1. The molecule has 0 amide bonds. The van der Waals surface area contributed by atoms with Crippen LogP contribution in [-0.4, -0.2) is 32.0 Å². The summed E-state index contributed by atoms with van der Waals surface area (Å²) in [5, 5.41) is 13.1. The van der Waals surface area contributed by atoms with Crippen LogP contribution in [0.5, 0.6) is 11.5 Å². The van der Waals surface area contributed by atoms with E-state index in [0.717, 1.165) is 18.6 Å². The summed E-state index contributed by atoms with van der Waals surface area (Å²) >= 11 is 1.34. The fourth-order valence-electron chi connectivity index (χ4n) is 3.18. The van der Waals surface area contributed by atoms with Crippen LogP contribution in [0.1, 0.15) is 37.8 Å². The predicted molar refractivity (Wildman–Crippen MR) is 126 cm³/mol. The van der Waals surface area contributed by atoms with Gasteiger partial charge in [-0.15, -0.1) is 10.2 Å². The van der Waals surface area contributed by atoms with E-state index in [1.165, 1.54) is 17.8 Å². The predicted octanol–water partition coefficient (Wildman–Crippen LogP) is 5.26. The van der Waals surface area contributed by atoms with Crippen LogP contribution in [0.25, 0.3) is 5.69 Å². The van der Waals surface area contributed by atoms with E-state index in [1.54, 1.807) is 54.1 Å². The SMILES string of the molecule is COc1ccc(OCc2nnc(SCc3nc(CCC(C)C)no3)n2-c2ccccc2F)cc1. The van der Waals surface area contributed by atoms with Crippen molar-refractivity contribution in [2.75, 3.05) is 7.11 Å². The number of halogens is 1. The number of methoxy groups -OCH3 is 1. The molecule has 0 saturated heterocycles. The van der Waals surface area contributed by atoms with E-state index in [1.807, 2.05) is 0 Å². The Morgan fingerprint density at radius 2 is 1.82 bits per heavy atom. The molecule has 0 saturated carbocycles. The average molecular weight is 484 g/mol. The third-order valence-electron chi connectivity index (χ3n) is 5.00. The average Bonchev–Trinajstić information content (AvgIpc) is 3.47. The Hall–Kier alpha value is -3.40. The number of hydrogen-bond acceptors (Lipinski definition) is 8. The zero-order chi connectivity index (χ0) is 23.9. The maximum atomic E-state index is 14.7. The van der Waals surface area contributed by atoms with Gasteiger partial charge in [0.25, 0.3) is 0 Å². The number of para-hydroxylation sites is 1. The van der Waals surface area contributed by atoms with Crippen LogP contribution in [0.4, 0.5) is 4.39 Å². The Bertz CT molecular complexity index is 1210. The summed E-state index contributed by atoms with van der Waals surface area (Å²) in [7, 11) is 1.60. The molecular formula is C24H26FN5O3S. The summed E-state index contributed by atoms with van der Waals surface area (Å²) in [5.41, 5.74) is 0.339. The van der Waals surface area contributed by atoms with E-state index < -0.39 is 0 Å². The number of ether oxygens (including phenoxy) is 2. The second-order valence-corrected chi connectivity index (χ2v) is 8.92. The van der Waals surface area contributed by atoms with Gasteiger partial charge >= 0.3 is 0 Å². The molecular weight excluding hydrogens is 457 g/mol. The van der Waals surface area contributed by atoms with E-state index in [9.17, 15) is 4.39 Å². The van der Waals surface area contributed by atoms with Crippen molar-refractivity contribution >= 4 is 11.8 Å². The van der Waals surface area contributed by atoms with Crippen LogP contribution < -0.4 is 9.47 Å². The van der Waals surface area contributed by atoms with Gasteiger partial charge in [0, 0.05) is 6.42 Å². The summed E-state index contributed by atoms with van der Waals surface area (Å²) in [6.07, 6.45) is 1.76. The lowest BCUT2D eigenvalue weighted by molar-refractivity contribution is 0.292. The van der Waals surface area contributed by atoms with Gasteiger partial charge in [-0.1, -0.05) is 42.9 Å². The first-order valence-electron chi connectivity index (χ1n) is 10.9. The van der Waals surface area contributed by atoms with Crippen LogP contribution in [-0.2, 0) is 18.8 Å². The molecule has 0 fully saturated rings. The van der Waals surface area contributed by atoms with Crippen molar-refractivity contribution in [1.29, 1.82) is 0 Å². The van der Waals surface area contributed by atoms with Crippen LogP contribution in [0, 0.1) is 11.7 Å². The third kappa shape index (κ3) is 5.93. The second-order valence-electron chi connectivity index (χ2n) is 7.98. The molecule has 2 aromatic heterocycles. The molecule has 4 rings (SSSR count). The van der Waals surface area contributed by atoms with Crippen LogP contribution in [0.15, 0.2) is 58.2 Å². The monoisotopic (exact) mass is 483 g/mol. The molecule has 0 bridgehead atoms. The largest absolute Gasteiger partial charge is 0.497 e. The highest BCUT2D eigenvalue weighted by Gasteiger charge is 2.19. The van der Waals surface area contributed by atoms with Crippen molar-refractivity contribution in [2.45, 2.75) is 44.2 Å². The van der Waals surface area contributed by atoms with Gasteiger partial charge in [0.2, 0.25) is 5.89 Å². The minimum absolute atomic E-state index is 0.105. The van der Waals surface area contributed by atoms with E-state index in [-0.39, 0.29) is 12.4 Å². The maximum absolute atomic E-state index is 14.7. The molecule has 10 heteroatoms. The first-order valence-corrected chi connectivity index (χ1v) is 11.9. The van der Waals surface area contributed by atoms with E-state index in [0.29, 0.717) is 45.8 Å². The molecule has 0 spiro atoms. The quantitative estimate of drug-likeness (QED) is 0.267. The van der Waals surface area contributed by atoms with Crippen molar-refractivity contribution in [1.82, 2.24) is 24.9 Å². The number of benzene rings is 2. The van der Waals surface area contributed by atoms with Gasteiger partial charge in [0.05, 0.1) is 18.6 Å². The fraction of sp³-hybridized carbons (Fsp3) is 0.333. The molecule has 34 heavy (non-hydrogen) atoms. The topological polar surface area (TPSA) is 88.1 Å². The number of aromatic nitrogens is 5. The Morgan fingerprint density at radius 3 is 2.56 bits per heavy atom. The Labute approximate surface area is 201 Å². The summed E-state index contributed by atoms with van der Waals surface area (Å²) in [6.45, 7) is 4.42. The first kappa shape index (κ1) is 23.7. The number of nitrogens with zero attached hydrogens (tertiary/aromatic N) is 5. The molecule has 0 N–H and O–H groups in total. The molecule has 2 heterocycles. The molecule has 2 aromatic carbocycles. The van der Waals surface area contributed by atoms with Crippen molar-refractivity contribution < 1.29 is 18.4 Å². The lowest BCUT2D eigenvalue weighted by Gasteiger charge is -2.12. The second kappa shape index (κ2) is 11.1. The van der Waals surface area contributed by atoms with Gasteiger partial charge in [0.1, 0.15) is 23.9 Å². The molecule has 0 aliphatic carbocycles. The first-order chi connectivity index (χ1) is 16.5. The molecule has 178 valence electrons. The Morgan fingerprint density at radius 1 is 1.06 bits per heavy atom. The lowest BCUT2D eigenvalue weighted by atomic mass is 10.1. The lowest BCUT2D eigenvalue weighted by Crippen LogP contribution is -2.08. The van der Waals surface area contributed by atoms with Crippen LogP contribution in [0.3, 0.4) is 0 Å². The molecule has 0 atom stereocenters. The summed E-state index contributed by atoms with van der Waals surface area (Å²) in [5.74, 6) is 3.58. The molecule has 0 unspecified atom stereocenters. The fourth-order valence-corrected chi connectivity index (χ4v) is 3.98. The third-order valence-corrected chi connectivity index (χ3v) is 5.92. The molecule has 0 aliphatic heterocycles. The minimum Gasteiger partial charge on any atom is -0.497 e. The van der Waals surface area contributed by atoms with Gasteiger partial charge in [-0.25, -0.2) is 4.39 Å². The van der Waals surface area contributed by atoms with E-state index >= 15 is 0 Å². The van der Waals surface area contributed by atoms with Gasteiger partial charge < -0.3 is 14.0 Å². The molecule has 0 aliphatic rings. The normalized spacial score (nSPS) is 11.2. The van der Waals surface area contributed by atoms with Gasteiger partial charge in [-0.3, -0.25) is 4.57 Å². The van der Waals surface area contributed by atoms with Crippen LogP contribution in [0.2, 0.25) is 0 Å². The van der Waals surface area contributed by atoms with Crippen molar-refractivity contribution in [3.05, 3.63) is 71.9 Å². The molecule has 8 nitrogen and oxygen atoms in total. The van der Waals surface area contributed by atoms with Crippen molar-refractivity contribution in [2.24, 2.45) is 5.92 Å². The smallest absolute Gasteiger partial charge is 0.237 e. The highest BCUT2D eigenvalue weighted by Crippen LogP contribution is 2.27. The standard InChI is InChI=1S/C24H26FN5O3S/c1-16(2)8-13-21-26-23(33-29-21)15-34-24-28-27-22(30(24)20-7-5-4-6-19(20)25)14-32-18-11-9-17(31-3)10-12-18/h4-7,9-12,16H,8,13-15H2,1-3H3. The molecule has 4 aromatic rings. The minimum atomic E-state index is -0.386. The summed E-state index contributed by atoms with van der Waals surface area (Å²) < 4.78 is 32.8. The van der Waals surface area contributed by atoms with Crippen molar-refractivity contribution in [3.8, 4) is 17.2 Å². The van der Waals surface area contributed by atoms with Gasteiger partial charge in [0.15, 0.2) is 16.8 Å². The number of rotatable bonds is 11. The summed E-state index contributed by atoms with van der Waals surface area (Å²) in [4.78, 5) is 4.45. The maximum Gasteiger partial charge on any atom is 0.237 e.